The fourth-order valence-electron chi connectivity index (χ4n) is 3.33. The molecule has 3 amide bonds. The predicted octanol–water partition coefficient (Wildman–Crippen LogP) is 5.17. The molecule has 0 heterocycles. The second-order valence-electron chi connectivity index (χ2n) is 8.59. The van der Waals surface area contributed by atoms with Crippen LogP contribution in [-0.4, -0.2) is 36.9 Å². The molecule has 186 valence electrons. The summed E-state index contributed by atoms with van der Waals surface area (Å²) in [5.41, 5.74) is 0. The molecule has 0 fully saturated rings. The highest BCUT2D eigenvalue weighted by atomic mass is 16.2. The third kappa shape index (κ3) is 18.9. The van der Waals surface area contributed by atoms with Crippen LogP contribution in [0.5, 0.6) is 0 Å². The lowest BCUT2D eigenvalue weighted by Gasteiger charge is -2.18. The molecular formula is C26H49N3O3. The fourth-order valence-corrected chi connectivity index (χ4v) is 3.33. The van der Waals surface area contributed by atoms with Crippen molar-refractivity contribution in [1.29, 1.82) is 0 Å². The molecule has 1 atom stereocenters. The lowest BCUT2D eigenvalue weighted by molar-refractivity contribution is -0.129. The Kier molecular flexibility index (Phi) is 21.1. The number of hydrogen-bond donors (Lipinski definition) is 3. The Morgan fingerprint density at radius 3 is 1.94 bits per heavy atom. The molecule has 0 rings (SSSR count). The van der Waals surface area contributed by atoms with Gasteiger partial charge in [-0.25, -0.2) is 0 Å². The molecule has 6 heteroatoms. The van der Waals surface area contributed by atoms with E-state index in [1.165, 1.54) is 38.5 Å². The lowest BCUT2D eigenvalue weighted by atomic mass is 10.1. The first kappa shape index (κ1) is 30.1. The van der Waals surface area contributed by atoms with Crippen LogP contribution in [0.15, 0.2) is 12.2 Å². The molecule has 0 bridgehead atoms. The van der Waals surface area contributed by atoms with Crippen molar-refractivity contribution >= 4 is 17.7 Å². The van der Waals surface area contributed by atoms with Gasteiger partial charge in [-0.3, -0.25) is 14.4 Å². The van der Waals surface area contributed by atoms with Crippen LogP contribution in [0, 0.1) is 0 Å². The summed E-state index contributed by atoms with van der Waals surface area (Å²) >= 11 is 0. The fraction of sp³-hybridized carbons (Fsp3) is 0.808. The molecular weight excluding hydrogens is 402 g/mol. The average Bonchev–Trinajstić information content (AvgIpc) is 2.78. The molecule has 0 aliphatic rings. The molecule has 0 aliphatic carbocycles. The summed E-state index contributed by atoms with van der Waals surface area (Å²) in [6, 6.07) is -0.673. The second-order valence-corrected chi connectivity index (χ2v) is 8.59. The zero-order valence-corrected chi connectivity index (χ0v) is 21.0. The van der Waals surface area contributed by atoms with Crippen molar-refractivity contribution in [3.63, 3.8) is 0 Å². The lowest BCUT2D eigenvalue weighted by Crippen LogP contribution is -2.47. The van der Waals surface area contributed by atoms with E-state index in [9.17, 15) is 14.4 Å². The molecule has 32 heavy (non-hydrogen) atoms. The SMILES string of the molecule is CCCCCCCCC/C=C/CC(=O)N[C@@H](CCC(=O)NCCCC)C(=O)NCCCC. The van der Waals surface area contributed by atoms with Crippen molar-refractivity contribution in [3.05, 3.63) is 12.2 Å². The van der Waals surface area contributed by atoms with Crippen molar-refractivity contribution in [2.45, 2.75) is 123 Å². The highest BCUT2D eigenvalue weighted by molar-refractivity contribution is 5.88. The molecule has 0 aromatic rings. The van der Waals surface area contributed by atoms with Gasteiger partial charge in [-0.2, -0.15) is 0 Å². The first-order valence-electron chi connectivity index (χ1n) is 13.0. The Balaban J connectivity index is 4.31. The third-order valence-corrected chi connectivity index (χ3v) is 5.44. The van der Waals surface area contributed by atoms with E-state index in [0.717, 1.165) is 38.5 Å². The maximum absolute atomic E-state index is 12.5. The number of hydrogen-bond acceptors (Lipinski definition) is 3. The first-order valence-corrected chi connectivity index (χ1v) is 13.0. The Hall–Kier alpha value is -1.85. The molecule has 0 unspecified atom stereocenters. The number of allylic oxidation sites excluding steroid dienone is 1. The van der Waals surface area contributed by atoms with E-state index in [0.29, 0.717) is 19.5 Å². The Morgan fingerprint density at radius 2 is 1.28 bits per heavy atom. The van der Waals surface area contributed by atoms with Gasteiger partial charge in [0.2, 0.25) is 17.7 Å². The molecule has 6 nitrogen and oxygen atoms in total. The van der Waals surface area contributed by atoms with Crippen LogP contribution in [0.4, 0.5) is 0 Å². The summed E-state index contributed by atoms with van der Waals surface area (Å²) < 4.78 is 0. The van der Waals surface area contributed by atoms with E-state index in [-0.39, 0.29) is 30.6 Å². The van der Waals surface area contributed by atoms with Crippen LogP contribution >= 0.6 is 0 Å². The smallest absolute Gasteiger partial charge is 0.242 e. The molecule has 0 aliphatic heterocycles. The summed E-state index contributed by atoms with van der Waals surface area (Å²) in [7, 11) is 0. The summed E-state index contributed by atoms with van der Waals surface area (Å²) in [4.78, 5) is 36.8. The molecule has 0 aromatic heterocycles. The number of rotatable bonds is 21. The van der Waals surface area contributed by atoms with Gasteiger partial charge in [-0.1, -0.05) is 84.3 Å². The zero-order chi connectivity index (χ0) is 23.9. The van der Waals surface area contributed by atoms with Gasteiger partial charge in [0.25, 0.3) is 0 Å². The van der Waals surface area contributed by atoms with Crippen LogP contribution < -0.4 is 16.0 Å². The quantitative estimate of drug-likeness (QED) is 0.166. The van der Waals surface area contributed by atoms with Gasteiger partial charge < -0.3 is 16.0 Å². The summed E-state index contributed by atoms with van der Waals surface area (Å²) in [6.45, 7) is 7.60. The van der Waals surface area contributed by atoms with Crippen LogP contribution in [0.2, 0.25) is 0 Å². The van der Waals surface area contributed by atoms with E-state index in [1.54, 1.807) is 0 Å². The second kappa shape index (κ2) is 22.3. The molecule has 0 saturated carbocycles. The summed E-state index contributed by atoms with van der Waals surface area (Å²) in [6.07, 6.45) is 18.5. The van der Waals surface area contributed by atoms with Crippen LogP contribution in [-0.2, 0) is 14.4 Å². The monoisotopic (exact) mass is 451 g/mol. The third-order valence-electron chi connectivity index (χ3n) is 5.44. The van der Waals surface area contributed by atoms with E-state index in [2.05, 4.69) is 42.8 Å². The van der Waals surface area contributed by atoms with E-state index in [4.69, 9.17) is 0 Å². The van der Waals surface area contributed by atoms with Crippen molar-refractivity contribution in [2.75, 3.05) is 13.1 Å². The maximum Gasteiger partial charge on any atom is 0.242 e. The van der Waals surface area contributed by atoms with E-state index < -0.39 is 6.04 Å². The Labute approximate surface area is 196 Å². The van der Waals surface area contributed by atoms with Gasteiger partial charge in [0.1, 0.15) is 6.04 Å². The number of carbonyl (C=O) groups excluding carboxylic acids is 3. The van der Waals surface area contributed by atoms with Crippen molar-refractivity contribution in [3.8, 4) is 0 Å². The topological polar surface area (TPSA) is 87.3 Å². The molecule has 0 aromatic carbocycles. The average molecular weight is 452 g/mol. The van der Waals surface area contributed by atoms with Crippen LogP contribution in [0.3, 0.4) is 0 Å². The highest BCUT2D eigenvalue weighted by Crippen LogP contribution is 2.09. The van der Waals surface area contributed by atoms with Gasteiger partial charge in [0.05, 0.1) is 0 Å². The molecule has 0 radical (unpaired) electrons. The summed E-state index contributed by atoms with van der Waals surface area (Å²) in [5.74, 6) is -0.461. The number of amides is 3. The minimum Gasteiger partial charge on any atom is -0.356 e. The predicted molar refractivity (Wildman–Crippen MR) is 133 cm³/mol. The maximum atomic E-state index is 12.5. The largest absolute Gasteiger partial charge is 0.356 e. The van der Waals surface area contributed by atoms with Crippen molar-refractivity contribution < 1.29 is 14.4 Å². The molecule has 3 N–H and O–H groups in total. The standard InChI is InChI=1S/C26H49N3O3/c1-4-7-10-11-12-13-14-15-16-17-18-25(31)29-23(26(32)28-22-9-6-3)19-20-24(30)27-21-8-5-2/h16-17,23H,4-15,18-22H2,1-3H3,(H,27,30)(H,28,32)(H,29,31)/b17-16+/t23-/m0/s1. The van der Waals surface area contributed by atoms with Crippen molar-refractivity contribution in [2.24, 2.45) is 0 Å². The Bertz CT molecular complexity index is 520. The van der Waals surface area contributed by atoms with Gasteiger partial charge in [-0.05, 0) is 32.1 Å². The molecule has 0 saturated heterocycles. The Morgan fingerprint density at radius 1 is 0.688 bits per heavy atom. The number of nitrogens with one attached hydrogen (secondary N) is 3. The summed E-state index contributed by atoms with van der Waals surface area (Å²) in [5, 5.41) is 8.55. The number of unbranched alkanes of at least 4 members (excludes halogenated alkanes) is 9. The minimum atomic E-state index is -0.673. The first-order chi connectivity index (χ1) is 15.5. The minimum absolute atomic E-state index is 0.0753. The zero-order valence-electron chi connectivity index (χ0n) is 21.0. The van der Waals surface area contributed by atoms with Gasteiger partial charge in [-0.15, -0.1) is 0 Å². The highest BCUT2D eigenvalue weighted by Gasteiger charge is 2.21. The van der Waals surface area contributed by atoms with E-state index in [1.807, 2.05) is 6.08 Å². The molecule has 0 spiro atoms. The van der Waals surface area contributed by atoms with Crippen LogP contribution in [0.25, 0.3) is 0 Å². The van der Waals surface area contributed by atoms with E-state index >= 15 is 0 Å². The normalized spacial score (nSPS) is 12.0. The number of carbonyl (C=O) groups is 3. The van der Waals surface area contributed by atoms with Gasteiger partial charge >= 0.3 is 0 Å². The van der Waals surface area contributed by atoms with Crippen LogP contribution in [0.1, 0.15) is 117 Å². The van der Waals surface area contributed by atoms with Gasteiger partial charge in [0, 0.05) is 25.9 Å². The van der Waals surface area contributed by atoms with Gasteiger partial charge in [0.15, 0.2) is 0 Å². The van der Waals surface area contributed by atoms with Crippen molar-refractivity contribution in [1.82, 2.24) is 16.0 Å².